The highest BCUT2D eigenvalue weighted by Gasteiger charge is 2.23. The molecule has 1 amide bonds. The first-order valence-corrected chi connectivity index (χ1v) is 9.47. The Kier molecular flexibility index (Phi) is 5.21. The summed E-state index contributed by atoms with van der Waals surface area (Å²) in [4.78, 5) is 16.9. The highest BCUT2D eigenvalue weighted by Crippen LogP contribution is 2.19. The van der Waals surface area contributed by atoms with Crippen LogP contribution in [0, 0.1) is 12.7 Å². The Hall–Kier alpha value is -2.99. The summed E-state index contributed by atoms with van der Waals surface area (Å²) in [6, 6.07) is 16.6. The minimum Gasteiger partial charge on any atom is -0.335 e. The third-order valence-electron chi connectivity index (χ3n) is 5.11. The number of piperazine rings is 1. The average Bonchev–Trinajstić information content (AvgIpc) is 3.19. The molecule has 0 saturated carbocycles. The largest absolute Gasteiger partial charge is 0.335 e. The molecule has 6 heteroatoms. The number of hydrogen-bond donors (Lipinski definition) is 1. The van der Waals surface area contributed by atoms with Crippen molar-refractivity contribution in [1.29, 1.82) is 0 Å². The molecule has 1 fully saturated rings. The number of aromatic nitrogens is 2. The number of hydrogen-bond acceptors (Lipinski definition) is 3. The molecule has 1 N–H and O–H groups in total. The van der Waals surface area contributed by atoms with Crippen molar-refractivity contribution in [2.24, 2.45) is 0 Å². The third kappa shape index (κ3) is 4.12. The summed E-state index contributed by atoms with van der Waals surface area (Å²) < 4.78 is 13.3. The van der Waals surface area contributed by atoms with Gasteiger partial charge in [-0.3, -0.25) is 14.8 Å². The second-order valence-corrected chi connectivity index (χ2v) is 7.23. The van der Waals surface area contributed by atoms with Gasteiger partial charge in [-0.2, -0.15) is 5.10 Å². The van der Waals surface area contributed by atoms with E-state index >= 15 is 0 Å². The summed E-state index contributed by atoms with van der Waals surface area (Å²) in [7, 11) is 0. The minimum absolute atomic E-state index is 0.0312. The molecule has 0 unspecified atom stereocenters. The summed E-state index contributed by atoms with van der Waals surface area (Å²) in [5.74, 6) is -0.244. The van der Waals surface area contributed by atoms with Gasteiger partial charge in [0.2, 0.25) is 0 Å². The fraction of sp³-hybridized carbons (Fsp3) is 0.273. The summed E-state index contributed by atoms with van der Waals surface area (Å²) >= 11 is 0. The number of benzene rings is 2. The van der Waals surface area contributed by atoms with Crippen LogP contribution in [-0.4, -0.2) is 52.1 Å². The van der Waals surface area contributed by atoms with E-state index in [1.54, 1.807) is 12.1 Å². The zero-order chi connectivity index (χ0) is 19.5. The molecule has 1 aromatic heterocycles. The van der Waals surface area contributed by atoms with Gasteiger partial charge in [-0.25, -0.2) is 4.39 Å². The fourth-order valence-corrected chi connectivity index (χ4v) is 3.48. The van der Waals surface area contributed by atoms with Crippen LogP contribution in [0.3, 0.4) is 0 Å². The number of aryl methyl sites for hydroxylation is 1. The predicted molar refractivity (Wildman–Crippen MR) is 106 cm³/mol. The Balaban J connectivity index is 1.36. The zero-order valence-corrected chi connectivity index (χ0v) is 15.9. The summed E-state index contributed by atoms with van der Waals surface area (Å²) in [6.45, 7) is 5.56. The first-order valence-electron chi connectivity index (χ1n) is 9.47. The monoisotopic (exact) mass is 378 g/mol. The van der Waals surface area contributed by atoms with Crippen molar-refractivity contribution in [1.82, 2.24) is 20.0 Å². The van der Waals surface area contributed by atoms with E-state index in [9.17, 15) is 9.18 Å². The summed E-state index contributed by atoms with van der Waals surface area (Å²) in [5.41, 5.74) is 4.41. The van der Waals surface area contributed by atoms with Gasteiger partial charge in [0, 0.05) is 38.3 Å². The van der Waals surface area contributed by atoms with Crippen molar-refractivity contribution < 1.29 is 9.18 Å². The van der Waals surface area contributed by atoms with Gasteiger partial charge >= 0.3 is 0 Å². The van der Waals surface area contributed by atoms with Crippen LogP contribution in [0.5, 0.6) is 0 Å². The first kappa shape index (κ1) is 18.4. The molecule has 1 aliphatic heterocycles. The fourth-order valence-electron chi connectivity index (χ4n) is 3.48. The topological polar surface area (TPSA) is 52.2 Å². The molecule has 28 heavy (non-hydrogen) atoms. The number of H-pyrrole nitrogens is 1. The van der Waals surface area contributed by atoms with Crippen molar-refractivity contribution in [3.63, 3.8) is 0 Å². The van der Waals surface area contributed by atoms with Crippen LogP contribution in [0.2, 0.25) is 0 Å². The van der Waals surface area contributed by atoms with Crippen LogP contribution in [0.15, 0.2) is 54.6 Å². The van der Waals surface area contributed by atoms with Crippen LogP contribution < -0.4 is 0 Å². The second-order valence-electron chi connectivity index (χ2n) is 7.23. The number of amides is 1. The Morgan fingerprint density at radius 1 is 1.07 bits per heavy atom. The van der Waals surface area contributed by atoms with Crippen molar-refractivity contribution >= 4 is 5.91 Å². The van der Waals surface area contributed by atoms with Crippen molar-refractivity contribution in [3.05, 3.63) is 77.2 Å². The van der Waals surface area contributed by atoms with Crippen molar-refractivity contribution in [3.8, 4) is 11.3 Å². The molecule has 5 nitrogen and oxygen atoms in total. The number of nitrogens with zero attached hydrogens (tertiary/aromatic N) is 3. The minimum atomic E-state index is -0.213. The number of rotatable bonds is 4. The van der Waals surface area contributed by atoms with Crippen LogP contribution >= 0.6 is 0 Å². The van der Waals surface area contributed by atoms with Gasteiger partial charge in [-0.05, 0) is 30.7 Å². The van der Waals surface area contributed by atoms with Crippen molar-refractivity contribution in [2.75, 3.05) is 26.2 Å². The van der Waals surface area contributed by atoms with Gasteiger partial charge in [0.1, 0.15) is 11.5 Å². The molecule has 144 valence electrons. The van der Waals surface area contributed by atoms with E-state index in [1.165, 1.54) is 11.6 Å². The van der Waals surface area contributed by atoms with Crippen LogP contribution in [-0.2, 0) is 6.54 Å². The molecule has 0 radical (unpaired) electrons. The van der Waals surface area contributed by atoms with Crippen LogP contribution in [0.1, 0.15) is 21.6 Å². The van der Waals surface area contributed by atoms with Gasteiger partial charge < -0.3 is 4.90 Å². The normalized spacial score (nSPS) is 15.0. The maximum absolute atomic E-state index is 13.3. The van der Waals surface area contributed by atoms with Gasteiger partial charge in [0.25, 0.3) is 5.91 Å². The van der Waals surface area contributed by atoms with Crippen LogP contribution in [0.25, 0.3) is 11.3 Å². The smallest absolute Gasteiger partial charge is 0.271 e. The lowest BCUT2D eigenvalue weighted by molar-refractivity contribution is 0.0622. The van der Waals surface area contributed by atoms with E-state index < -0.39 is 0 Å². The maximum Gasteiger partial charge on any atom is 0.271 e. The molecule has 3 aromatic rings. The Labute approximate surface area is 163 Å². The molecule has 1 aliphatic rings. The maximum atomic E-state index is 13.3. The molecule has 4 rings (SSSR count). The second kappa shape index (κ2) is 7.94. The van der Waals surface area contributed by atoms with E-state index in [-0.39, 0.29) is 11.7 Å². The van der Waals surface area contributed by atoms with Gasteiger partial charge in [-0.15, -0.1) is 0 Å². The SMILES string of the molecule is Cc1ccc(-c2cc(C(=O)N3CCN(Cc4cccc(F)c4)CC3)[nH]n2)cc1. The lowest BCUT2D eigenvalue weighted by atomic mass is 10.1. The van der Waals surface area contributed by atoms with Crippen LogP contribution in [0.4, 0.5) is 4.39 Å². The quantitative estimate of drug-likeness (QED) is 0.756. The van der Waals surface area contributed by atoms with E-state index in [1.807, 2.05) is 48.2 Å². The molecule has 2 aromatic carbocycles. The molecule has 2 heterocycles. The number of nitrogens with one attached hydrogen (secondary N) is 1. The molecule has 0 atom stereocenters. The molecule has 0 bridgehead atoms. The van der Waals surface area contributed by atoms with Gasteiger partial charge in [0.05, 0.1) is 5.69 Å². The van der Waals surface area contributed by atoms with E-state index in [0.717, 1.165) is 29.9 Å². The zero-order valence-electron chi connectivity index (χ0n) is 15.9. The third-order valence-corrected chi connectivity index (χ3v) is 5.11. The predicted octanol–water partition coefficient (Wildman–Crippen LogP) is 3.48. The van der Waals surface area contributed by atoms with Gasteiger partial charge in [0.15, 0.2) is 0 Å². The number of carbonyl (C=O) groups excluding carboxylic acids is 1. The number of aromatic amines is 1. The van der Waals surface area contributed by atoms with Crippen molar-refractivity contribution in [2.45, 2.75) is 13.5 Å². The summed E-state index contributed by atoms with van der Waals surface area (Å²) in [5, 5.41) is 7.17. The number of halogens is 1. The standard InChI is InChI=1S/C22H23FN4O/c1-16-5-7-18(8-6-16)20-14-21(25-24-20)22(28)27-11-9-26(10-12-27)15-17-3-2-4-19(23)13-17/h2-8,13-14H,9-12,15H2,1H3,(H,24,25). The lowest BCUT2D eigenvalue weighted by Gasteiger charge is -2.34. The van der Waals surface area contributed by atoms with Gasteiger partial charge in [-0.1, -0.05) is 42.0 Å². The summed E-state index contributed by atoms with van der Waals surface area (Å²) in [6.07, 6.45) is 0. The molecule has 0 spiro atoms. The lowest BCUT2D eigenvalue weighted by Crippen LogP contribution is -2.48. The highest BCUT2D eigenvalue weighted by molar-refractivity contribution is 5.93. The molecule has 1 saturated heterocycles. The van der Waals surface area contributed by atoms with E-state index in [4.69, 9.17) is 0 Å². The first-order chi connectivity index (χ1) is 13.6. The van der Waals surface area contributed by atoms with E-state index in [2.05, 4.69) is 15.1 Å². The number of carbonyl (C=O) groups is 1. The average molecular weight is 378 g/mol. The Morgan fingerprint density at radius 2 is 1.82 bits per heavy atom. The Morgan fingerprint density at radius 3 is 2.54 bits per heavy atom. The molecular weight excluding hydrogens is 355 g/mol. The molecule has 0 aliphatic carbocycles. The highest BCUT2D eigenvalue weighted by atomic mass is 19.1. The van der Waals surface area contributed by atoms with E-state index in [0.29, 0.717) is 25.3 Å². The molecular formula is C22H23FN4O. The Bertz CT molecular complexity index is 959.